The van der Waals surface area contributed by atoms with Gasteiger partial charge in [-0.3, -0.25) is 14.7 Å². The minimum atomic E-state index is -0.409. The fraction of sp³-hybridized carbons (Fsp3) is 0.750. The first-order valence-corrected chi connectivity index (χ1v) is 10.1. The van der Waals surface area contributed by atoms with Crippen LogP contribution >= 0.6 is 11.8 Å². The fourth-order valence-corrected chi connectivity index (χ4v) is 4.04. The van der Waals surface area contributed by atoms with Crippen molar-refractivity contribution in [1.29, 1.82) is 0 Å². The van der Waals surface area contributed by atoms with Crippen LogP contribution in [0.2, 0.25) is 0 Å². The van der Waals surface area contributed by atoms with E-state index in [2.05, 4.69) is 25.7 Å². The van der Waals surface area contributed by atoms with Crippen molar-refractivity contribution in [1.82, 2.24) is 25.4 Å². The molecule has 1 saturated heterocycles. The maximum atomic E-state index is 12.0. The van der Waals surface area contributed by atoms with Crippen molar-refractivity contribution in [3.63, 3.8) is 0 Å². The summed E-state index contributed by atoms with van der Waals surface area (Å²) >= 11 is 1.29. The lowest BCUT2D eigenvalue weighted by Crippen LogP contribution is -2.44. The van der Waals surface area contributed by atoms with E-state index in [9.17, 15) is 9.59 Å². The molecule has 26 heavy (non-hydrogen) atoms. The number of thioether (sulfide) groups is 1. The molecule has 10 heteroatoms. The number of hydrogen-bond acceptors (Lipinski definition) is 7. The summed E-state index contributed by atoms with van der Waals surface area (Å²) < 4.78 is 7.36. The van der Waals surface area contributed by atoms with Gasteiger partial charge >= 0.3 is 6.03 Å². The van der Waals surface area contributed by atoms with Crippen LogP contribution in [0.15, 0.2) is 5.16 Å². The second kappa shape index (κ2) is 9.22. The molecular formula is C16H26N6O3S. The number of hydrogen-bond donors (Lipinski definition) is 2. The minimum absolute atomic E-state index is 0.124. The van der Waals surface area contributed by atoms with E-state index >= 15 is 0 Å². The van der Waals surface area contributed by atoms with Crippen LogP contribution in [0.5, 0.6) is 0 Å². The van der Waals surface area contributed by atoms with Gasteiger partial charge in [-0.25, -0.2) is 4.79 Å². The molecule has 0 aromatic carbocycles. The van der Waals surface area contributed by atoms with Crippen molar-refractivity contribution in [2.45, 2.75) is 50.4 Å². The first kappa shape index (κ1) is 19.0. The van der Waals surface area contributed by atoms with Gasteiger partial charge in [0.2, 0.25) is 11.9 Å². The summed E-state index contributed by atoms with van der Waals surface area (Å²) in [6.45, 7) is 5.66. The van der Waals surface area contributed by atoms with Crippen molar-refractivity contribution in [2.75, 3.05) is 37.0 Å². The molecule has 3 amide bonds. The van der Waals surface area contributed by atoms with Crippen molar-refractivity contribution in [2.24, 2.45) is 0 Å². The van der Waals surface area contributed by atoms with E-state index in [1.165, 1.54) is 11.8 Å². The molecule has 1 aromatic rings. The number of urea groups is 1. The predicted octanol–water partition coefficient (Wildman–Crippen LogP) is 0.995. The highest BCUT2D eigenvalue weighted by Gasteiger charge is 2.21. The number of rotatable bonds is 6. The number of ether oxygens (including phenoxy) is 1. The number of morpholine rings is 1. The van der Waals surface area contributed by atoms with E-state index in [-0.39, 0.29) is 17.7 Å². The number of nitrogens with one attached hydrogen (secondary N) is 2. The van der Waals surface area contributed by atoms with Crippen LogP contribution in [0.1, 0.15) is 32.6 Å². The topological polar surface area (TPSA) is 101 Å². The van der Waals surface area contributed by atoms with E-state index in [0.29, 0.717) is 24.9 Å². The summed E-state index contributed by atoms with van der Waals surface area (Å²) in [4.78, 5) is 26.0. The Morgan fingerprint density at radius 3 is 2.65 bits per heavy atom. The van der Waals surface area contributed by atoms with Gasteiger partial charge in [-0.2, -0.15) is 0 Å². The monoisotopic (exact) mass is 382 g/mol. The quantitative estimate of drug-likeness (QED) is 0.708. The summed E-state index contributed by atoms with van der Waals surface area (Å²) in [5, 5.41) is 14.4. The molecule has 0 spiro atoms. The van der Waals surface area contributed by atoms with Gasteiger partial charge in [0.05, 0.1) is 19.0 Å². The Kier molecular flexibility index (Phi) is 6.73. The van der Waals surface area contributed by atoms with E-state index < -0.39 is 6.03 Å². The lowest BCUT2D eigenvalue weighted by molar-refractivity contribution is -0.117. The molecule has 0 radical (unpaired) electrons. The Morgan fingerprint density at radius 1 is 1.23 bits per heavy atom. The zero-order valence-corrected chi connectivity index (χ0v) is 15.9. The molecule has 2 aliphatic rings. The highest BCUT2D eigenvalue weighted by atomic mass is 32.2. The second-order valence-electron chi connectivity index (χ2n) is 6.42. The SMILES string of the molecule is CCn1c(SCC(=O)NC(=O)NC2CCCC2)nnc1N1CCOCC1. The highest BCUT2D eigenvalue weighted by molar-refractivity contribution is 7.99. The third kappa shape index (κ3) is 4.88. The Hall–Kier alpha value is -1.81. The summed E-state index contributed by atoms with van der Waals surface area (Å²) in [7, 11) is 0. The third-order valence-electron chi connectivity index (χ3n) is 4.58. The Balaban J connectivity index is 1.49. The maximum Gasteiger partial charge on any atom is 0.321 e. The molecule has 1 saturated carbocycles. The summed E-state index contributed by atoms with van der Waals surface area (Å²) in [5.74, 6) is 0.598. The van der Waals surface area contributed by atoms with E-state index in [1.807, 2.05) is 11.5 Å². The smallest absolute Gasteiger partial charge is 0.321 e. The van der Waals surface area contributed by atoms with Crippen molar-refractivity contribution >= 4 is 29.6 Å². The molecule has 1 aliphatic carbocycles. The first-order valence-electron chi connectivity index (χ1n) is 9.16. The maximum absolute atomic E-state index is 12.0. The molecule has 0 atom stereocenters. The van der Waals surface area contributed by atoms with Crippen LogP contribution in [0.4, 0.5) is 10.7 Å². The molecule has 1 aromatic heterocycles. The second-order valence-corrected chi connectivity index (χ2v) is 7.36. The molecule has 3 rings (SSSR count). The lowest BCUT2D eigenvalue weighted by atomic mass is 10.2. The van der Waals surface area contributed by atoms with Gasteiger partial charge in [-0.1, -0.05) is 24.6 Å². The van der Waals surface area contributed by atoms with E-state index in [1.54, 1.807) is 0 Å². The summed E-state index contributed by atoms with van der Waals surface area (Å²) in [5.41, 5.74) is 0. The number of anilines is 1. The molecule has 0 bridgehead atoms. The molecule has 2 heterocycles. The normalized spacial score (nSPS) is 18.1. The van der Waals surface area contributed by atoms with Crippen LogP contribution < -0.4 is 15.5 Å². The number of carbonyl (C=O) groups is 2. The molecule has 1 aliphatic heterocycles. The van der Waals surface area contributed by atoms with Crippen LogP contribution in [-0.4, -0.2) is 64.8 Å². The average Bonchev–Trinajstić information content (AvgIpc) is 3.29. The molecule has 0 unspecified atom stereocenters. The van der Waals surface area contributed by atoms with Gasteiger partial charge in [0.1, 0.15) is 0 Å². The Morgan fingerprint density at radius 2 is 1.96 bits per heavy atom. The Bertz CT molecular complexity index is 626. The largest absolute Gasteiger partial charge is 0.378 e. The number of amides is 3. The molecule has 144 valence electrons. The number of imide groups is 1. The summed E-state index contributed by atoms with van der Waals surface area (Å²) in [6, 6.07) is -0.219. The van der Waals surface area contributed by atoms with Gasteiger partial charge in [-0.15, -0.1) is 10.2 Å². The van der Waals surface area contributed by atoms with Crippen molar-refractivity contribution < 1.29 is 14.3 Å². The van der Waals surface area contributed by atoms with Gasteiger partial charge in [-0.05, 0) is 19.8 Å². The molecule has 2 N–H and O–H groups in total. The van der Waals surface area contributed by atoms with E-state index in [4.69, 9.17) is 4.74 Å². The van der Waals surface area contributed by atoms with Gasteiger partial charge in [0.25, 0.3) is 0 Å². The van der Waals surface area contributed by atoms with Crippen molar-refractivity contribution in [3.8, 4) is 0 Å². The van der Waals surface area contributed by atoms with Crippen LogP contribution in [0, 0.1) is 0 Å². The molecular weight excluding hydrogens is 356 g/mol. The van der Waals surface area contributed by atoms with Crippen molar-refractivity contribution in [3.05, 3.63) is 0 Å². The first-order chi connectivity index (χ1) is 12.7. The minimum Gasteiger partial charge on any atom is -0.378 e. The van der Waals surface area contributed by atoms with E-state index in [0.717, 1.165) is 44.7 Å². The molecule has 9 nitrogen and oxygen atoms in total. The van der Waals surface area contributed by atoms with Crippen LogP contribution in [-0.2, 0) is 16.1 Å². The van der Waals surface area contributed by atoms with Gasteiger partial charge in [0.15, 0.2) is 5.16 Å². The van der Waals surface area contributed by atoms with Crippen LogP contribution in [0.3, 0.4) is 0 Å². The van der Waals surface area contributed by atoms with Gasteiger partial charge in [0, 0.05) is 25.7 Å². The number of nitrogens with zero attached hydrogens (tertiary/aromatic N) is 4. The fourth-order valence-electron chi connectivity index (χ4n) is 3.25. The third-order valence-corrected chi connectivity index (χ3v) is 5.55. The highest BCUT2D eigenvalue weighted by Crippen LogP contribution is 2.22. The Labute approximate surface area is 157 Å². The number of aromatic nitrogens is 3. The lowest BCUT2D eigenvalue weighted by Gasteiger charge is -2.27. The standard InChI is InChI=1S/C16H26N6O3S/c1-2-22-15(21-7-9-25-10-8-21)19-20-16(22)26-11-13(23)18-14(24)17-12-5-3-4-6-12/h12H,2-11H2,1H3,(H2,17,18,23,24). The molecule has 2 fully saturated rings. The van der Waals surface area contributed by atoms with Crippen LogP contribution in [0.25, 0.3) is 0 Å². The van der Waals surface area contributed by atoms with Gasteiger partial charge < -0.3 is 15.0 Å². The summed E-state index contributed by atoms with van der Waals surface area (Å²) in [6.07, 6.45) is 4.24. The predicted molar refractivity (Wildman–Crippen MR) is 98.4 cm³/mol. The average molecular weight is 382 g/mol. The zero-order valence-electron chi connectivity index (χ0n) is 15.1. The number of carbonyl (C=O) groups excluding carboxylic acids is 2. The zero-order chi connectivity index (χ0) is 18.4.